The summed E-state index contributed by atoms with van der Waals surface area (Å²) in [5.74, 6) is -0.929. The molecule has 0 saturated carbocycles. The van der Waals surface area contributed by atoms with Crippen LogP contribution in [0.5, 0.6) is 0 Å². The van der Waals surface area contributed by atoms with Crippen LogP contribution in [0.4, 0.5) is 4.79 Å². The van der Waals surface area contributed by atoms with Crippen LogP contribution in [0.15, 0.2) is 48.5 Å². The van der Waals surface area contributed by atoms with Gasteiger partial charge in [-0.3, -0.25) is 0 Å². The quantitative estimate of drug-likeness (QED) is 0.946. The second-order valence-corrected chi connectivity index (χ2v) is 5.46. The summed E-state index contributed by atoms with van der Waals surface area (Å²) in [6, 6.07) is 14.7. The second-order valence-electron chi connectivity index (χ2n) is 5.46. The molecule has 1 amide bonds. The average molecular weight is 311 g/mol. The van der Waals surface area contributed by atoms with Crippen LogP contribution in [0.2, 0.25) is 0 Å². The lowest BCUT2D eigenvalue weighted by atomic mass is 9.95. The highest BCUT2D eigenvalue weighted by Gasteiger charge is 2.24. The monoisotopic (exact) mass is 311 g/mol. The lowest BCUT2D eigenvalue weighted by Gasteiger charge is -2.29. The number of carbonyl (C=O) groups is 2. The van der Waals surface area contributed by atoms with Crippen molar-refractivity contribution in [3.05, 3.63) is 70.8 Å². The number of amides is 1. The molecule has 0 spiro atoms. The first-order valence-electron chi connectivity index (χ1n) is 7.45. The van der Waals surface area contributed by atoms with Gasteiger partial charge in [0.05, 0.1) is 5.56 Å². The van der Waals surface area contributed by atoms with E-state index in [9.17, 15) is 14.7 Å². The fraction of sp³-hybridized carbons (Fsp3) is 0.222. The van der Waals surface area contributed by atoms with Crippen molar-refractivity contribution in [1.29, 1.82) is 0 Å². The zero-order chi connectivity index (χ0) is 16.2. The lowest BCUT2D eigenvalue weighted by Crippen LogP contribution is -2.36. The van der Waals surface area contributed by atoms with Crippen molar-refractivity contribution in [2.45, 2.75) is 19.6 Å². The number of aromatic carboxylic acids is 1. The highest BCUT2D eigenvalue weighted by atomic mass is 16.6. The van der Waals surface area contributed by atoms with Gasteiger partial charge in [-0.25, -0.2) is 9.59 Å². The number of carbonyl (C=O) groups excluding carboxylic acids is 1. The van der Waals surface area contributed by atoms with Gasteiger partial charge in [0.1, 0.15) is 6.61 Å². The van der Waals surface area contributed by atoms with E-state index < -0.39 is 5.97 Å². The van der Waals surface area contributed by atoms with E-state index in [2.05, 4.69) is 0 Å². The number of benzene rings is 2. The molecule has 3 rings (SSSR count). The van der Waals surface area contributed by atoms with Gasteiger partial charge in [-0.1, -0.05) is 42.5 Å². The van der Waals surface area contributed by atoms with Crippen LogP contribution in [0.25, 0.3) is 0 Å². The number of nitrogens with zero attached hydrogens (tertiary/aromatic N) is 1. The topological polar surface area (TPSA) is 66.8 Å². The molecule has 0 saturated heterocycles. The fourth-order valence-corrected chi connectivity index (χ4v) is 2.78. The molecule has 5 nitrogen and oxygen atoms in total. The molecule has 0 atom stereocenters. The Bertz CT molecular complexity index is 727. The van der Waals surface area contributed by atoms with Crippen LogP contribution in [0.3, 0.4) is 0 Å². The number of carboxylic acids is 1. The number of hydrogen-bond acceptors (Lipinski definition) is 3. The minimum absolute atomic E-state index is 0.234. The largest absolute Gasteiger partial charge is 0.478 e. The van der Waals surface area contributed by atoms with Crippen LogP contribution < -0.4 is 0 Å². The molecule has 23 heavy (non-hydrogen) atoms. The van der Waals surface area contributed by atoms with E-state index >= 15 is 0 Å². The number of rotatable bonds is 3. The Morgan fingerprint density at radius 1 is 1.09 bits per heavy atom. The van der Waals surface area contributed by atoms with Gasteiger partial charge in [-0.05, 0) is 29.2 Å². The maximum atomic E-state index is 12.2. The Labute approximate surface area is 134 Å². The molecule has 1 aliphatic heterocycles. The Hall–Kier alpha value is -2.82. The van der Waals surface area contributed by atoms with Gasteiger partial charge >= 0.3 is 12.1 Å². The predicted molar refractivity (Wildman–Crippen MR) is 84.1 cm³/mol. The third kappa shape index (κ3) is 3.34. The third-order valence-electron chi connectivity index (χ3n) is 3.96. The van der Waals surface area contributed by atoms with E-state index in [1.165, 1.54) is 0 Å². The Morgan fingerprint density at radius 2 is 1.87 bits per heavy atom. The molecule has 2 aromatic rings. The maximum Gasteiger partial charge on any atom is 0.410 e. The Balaban J connectivity index is 1.66. The number of carboxylic acid groups (broad SMARTS) is 1. The van der Waals surface area contributed by atoms with E-state index in [-0.39, 0.29) is 12.7 Å². The van der Waals surface area contributed by atoms with Crippen molar-refractivity contribution in [3.63, 3.8) is 0 Å². The first-order chi connectivity index (χ1) is 11.1. The van der Waals surface area contributed by atoms with Gasteiger partial charge in [0, 0.05) is 13.1 Å². The molecule has 1 aliphatic rings. The molecule has 0 unspecified atom stereocenters. The van der Waals surface area contributed by atoms with Crippen molar-refractivity contribution in [1.82, 2.24) is 4.90 Å². The molecule has 1 N–H and O–H groups in total. The molecule has 0 bridgehead atoms. The smallest absolute Gasteiger partial charge is 0.410 e. The van der Waals surface area contributed by atoms with Crippen molar-refractivity contribution in [3.8, 4) is 0 Å². The van der Waals surface area contributed by atoms with Gasteiger partial charge in [-0.2, -0.15) is 0 Å². The number of fused-ring (bicyclic) bond motifs is 1. The number of hydrogen-bond donors (Lipinski definition) is 1. The molecule has 1 heterocycles. The summed E-state index contributed by atoms with van der Waals surface area (Å²) < 4.78 is 5.33. The third-order valence-corrected chi connectivity index (χ3v) is 3.96. The highest BCUT2D eigenvalue weighted by Crippen LogP contribution is 2.23. The molecule has 0 aromatic heterocycles. The zero-order valence-electron chi connectivity index (χ0n) is 12.6. The maximum absolute atomic E-state index is 12.2. The van der Waals surface area contributed by atoms with Gasteiger partial charge in [-0.15, -0.1) is 0 Å². The molecular weight excluding hydrogens is 294 g/mol. The van der Waals surface area contributed by atoms with E-state index in [4.69, 9.17) is 4.74 Å². The van der Waals surface area contributed by atoms with E-state index in [0.29, 0.717) is 25.1 Å². The van der Waals surface area contributed by atoms with Crippen molar-refractivity contribution < 1.29 is 19.4 Å². The summed E-state index contributed by atoms with van der Waals surface area (Å²) in [6.45, 7) is 1.08. The van der Waals surface area contributed by atoms with Crippen LogP contribution in [0.1, 0.15) is 27.0 Å². The Kier molecular flexibility index (Phi) is 4.28. The normalized spacial score (nSPS) is 13.3. The van der Waals surface area contributed by atoms with Crippen LogP contribution in [-0.4, -0.2) is 28.6 Å². The lowest BCUT2D eigenvalue weighted by molar-refractivity contribution is 0.0694. The average Bonchev–Trinajstić information content (AvgIpc) is 2.59. The van der Waals surface area contributed by atoms with Crippen molar-refractivity contribution in [2.24, 2.45) is 0 Å². The zero-order valence-corrected chi connectivity index (χ0v) is 12.6. The number of ether oxygens (including phenoxy) is 1. The van der Waals surface area contributed by atoms with E-state index in [1.807, 2.05) is 36.4 Å². The standard InChI is InChI=1S/C18H17NO4/c20-17(21)16-8-4-7-14-11-19(10-9-15(14)16)18(22)23-12-13-5-2-1-3-6-13/h1-8H,9-12H2,(H,20,21). The molecular formula is C18H17NO4. The predicted octanol–water partition coefficient (Wildman–Crippen LogP) is 3.08. The molecule has 5 heteroatoms. The molecule has 118 valence electrons. The second kappa shape index (κ2) is 6.52. The summed E-state index contributed by atoms with van der Waals surface area (Å²) in [4.78, 5) is 25.0. The first-order valence-corrected chi connectivity index (χ1v) is 7.45. The fourth-order valence-electron chi connectivity index (χ4n) is 2.78. The summed E-state index contributed by atoms with van der Waals surface area (Å²) in [7, 11) is 0. The summed E-state index contributed by atoms with van der Waals surface area (Å²) in [6.07, 6.45) is 0.151. The SMILES string of the molecule is O=C(O)c1cccc2c1CCN(C(=O)OCc1ccccc1)C2. The van der Waals surface area contributed by atoms with Crippen molar-refractivity contribution in [2.75, 3.05) is 6.54 Å². The van der Waals surface area contributed by atoms with E-state index in [1.54, 1.807) is 17.0 Å². The molecule has 0 fully saturated rings. The van der Waals surface area contributed by atoms with Crippen LogP contribution in [-0.2, 0) is 24.3 Å². The van der Waals surface area contributed by atoms with Crippen molar-refractivity contribution >= 4 is 12.1 Å². The highest BCUT2D eigenvalue weighted by molar-refractivity contribution is 5.90. The van der Waals surface area contributed by atoms with Crippen LogP contribution in [0, 0.1) is 0 Å². The van der Waals surface area contributed by atoms with Gasteiger partial charge in [0.15, 0.2) is 0 Å². The summed E-state index contributed by atoms with van der Waals surface area (Å²) in [5.41, 5.74) is 2.94. The summed E-state index contributed by atoms with van der Waals surface area (Å²) in [5, 5.41) is 9.22. The molecule has 0 aliphatic carbocycles. The minimum atomic E-state index is -0.929. The van der Waals surface area contributed by atoms with E-state index in [0.717, 1.165) is 16.7 Å². The molecule has 2 aromatic carbocycles. The Morgan fingerprint density at radius 3 is 2.61 bits per heavy atom. The minimum Gasteiger partial charge on any atom is -0.478 e. The first kappa shape index (κ1) is 15.1. The van der Waals surface area contributed by atoms with Gasteiger partial charge in [0.2, 0.25) is 0 Å². The summed E-state index contributed by atoms with van der Waals surface area (Å²) >= 11 is 0. The van der Waals surface area contributed by atoms with Gasteiger partial charge in [0.25, 0.3) is 0 Å². The van der Waals surface area contributed by atoms with Crippen LogP contribution >= 0.6 is 0 Å². The van der Waals surface area contributed by atoms with Gasteiger partial charge < -0.3 is 14.7 Å². The molecule has 0 radical (unpaired) electrons.